The van der Waals surface area contributed by atoms with Gasteiger partial charge in [-0.1, -0.05) is 0 Å². The van der Waals surface area contributed by atoms with Crippen molar-refractivity contribution < 1.29 is 57.6 Å². The van der Waals surface area contributed by atoms with Crippen LogP contribution in [0.1, 0.15) is 35.6 Å². The Morgan fingerprint density at radius 2 is 1.61 bits per heavy atom. The molecule has 7 rings (SSSR count). The molecule has 0 bridgehead atoms. The molecule has 0 radical (unpaired) electrons. The summed E-state index contributed by atoms with van der Waals surface area (Å²) in [6.45, 7) is 2.20. The summed E-state index contributed by atoms with van der Waals surface area (Å²) in [5.41, 5.74) is 2.23. The molecule has 10 atom stereocenters. The van der Waals surface area contributed by atoms with Gasteiger partial charge in [-0.3, -0.25) is 9.69 Å². The van der Waals surface area contributed by atoms with Crippen molar-refractivity contribution in [3.63, 3.8) is 0 Å². The summed E-state index contributed by atoms with van der Waals surface area (Å²) in [4.78, 5) is 15.4. The fourth-order valence-electron chi connectivity index (χ4n) is 7.28. The van der Waals surface area contributed by atoms with Gasteiger partial charge in [0.15, 0.2) is 35.6 Å². The average Bonchev–Trinajstić information content (AvgIpc) is 3.63. The monoisotopic (exact) mass is 615 g/mol. The van der Waals surface area contributed by atoms with Crippen molar-refractivity contribution in [2.75, 3.05) is 48.3 Å². The number of phenols is 1. The molecule has 2 aromatic rings. The summed E-state index contributed by atoms with van der Waals surface area (Å²) in [6.07, 6.45) is -4.11. The van der Waals surface area contributed by atoms with E-state index < -0.39 is 60.8 Å². The maximum Gasteiger partial charge on any atom is 0.310 e. The Labute approximate surface area is 254 Å². The van der Waals surface area contributed by atoms with Gasteiger partial charge in [0.2, 0.25) is 12.5 Å². The maximum absolute atomic E-state index is 13.5. The largest absolute Gasteiger partial charge is 0.502 e. The highest BCUT2D eigenvalue weighted by Crippen LogP contribution is 2.57. The van der Waals surface area contributed by atoms with Crippen LogP contribution in [0.4, 0.5) is 0 Å². The van der Waals surface area contributed by atoms with E-state index in [0.717, 1.165) is 11.1 Å². The van der Waals surface area contributed by atoms with Gasteiger partial charge >= 0.3 is 5.97 Å². The predicted octanol–water partition coefficient (Wildman–Crippen LogP) is 1.91. The number of hydrogen-bond donors (Lipinski definition) is 2. The molecule has 2 aromatic carbocycles. The summed E-state index contributed by atoms with van der Waals surface area (Å²) < 4.78 is 53.0. The first kappa shape index (κ1) is 29.4. The first-order chi connectivity index (χ1) is 21.2. The highest BCUT2D eigenvalue weighted by molar-refractivity contribution is 5.79. The van der Waals surface area contributed by atoms with E-state index in [1.807, 2.05) is 31.1 Å². The zero-order chi connectivity index (χ0) is 30.9. The van der Waals surface area contributed by atoms with Gasteiger partial charge in [-0.15, -0.1) is 0 Å². The SMILES string of the molecule is COc1cc([C@@H]2c3cc4c(cc3[C@@H](OC3OC5CO[C@@H](C)OC5[C@H](O)[C@H]3N(C)C)[C@H]3COC(=O)[C@H]23)OCO4)cc(OC)c1O. The fraction of sp³-hybridized carbons (Fsp3) is 0.581. The van der Waals surface area contributed by atoms with Crippen molar-refractivity contribution in [2.45, 2.75) is 55.9 Å². The van der Waals surface area contributed by atoms with Crippen LogP contribution in [-0.2, 0) is 28.5 Å². The number of methoxy groups -OCH3 is 2. The van der Waals surface area contributed by atoms with E-state index in [2.05, 4.69) is 0 Å². The minimum Gasteiger partial charge on any atom is -0.502 e. The average molecular weight is 616 g/mol. The van der Waals surface area contributed by atoms with Crippen molar-refractivity contribution in [2.24, 2.45) is 11.8 Å². The lowest BCUT2D eigenvalue weighted by atomic mass is 9.66. The standard InChI is InChI=1S/C31H37NO12/c1-13-38-11-22-29(42-13)27(34)25(32(2)3)31(43-22)44-28-16-9-19-18(40-12-41-19)8-15(16)23(24-17(28)10-39-30(24)35)14-6-20(36-4)26(33)21(7-14)37-5/h6-9,13,17,22-25,27-29,31,33-34H,10-12H2,1-5H3/t13-,17+,22?,23-,24+,25-,27-,28-,29?,31?/m1/s1. The van der Waals surface area contributed by atoms with Crippen LogP contribution in [0.5, 0.6) is 28.7 Å². The Balaban J connectivity index is 1.33. The number of rotatable bonds is 6. The Morgan fingerprint density at radius 1 is 0.932 bits per heavy atom. The number of carbonyl (C=O) groups excluding carboxylic acids is 1. The van der Waals surface area contributed by atoms with Gasteiger partial charge in [0.05, 0.1) is 45.5 Å². The number of fused-ring (bicyclic) bond motifs is 4. The molecule has 0 amide bonds. The number of likely N-dealkylation sites (N-methyl/N-ethyl adjacent to an activating group) is 1. The van der Waals surface area contributed by atoms with Gasteiger partial charge in [0.1, 0.15) is 18.3 Å². The van der Waals surface area contributed by atoms with Crippen LogP contribution in [-0.4, -0.2) is 106 Å². The highest BCUT2D eigenvalue weighted by Gasteiger charge is 2.56. The Hall–Kier alpha value is -3.33. The smallest absolute Gasteiger partial charge is 0.310 e. The molecule has 3 unspecified atom stereocenters. The van der Waals surface area contributed by atoms with Crippen LogP contribution in [0.15, 0.2) is 24.3 Å². The Bertz CT molecular complexity index is 1410. The van der Waals surface area contributed by atoms with Gasteiger partial charge in [0, 0.05) is 11.8 Å². The van der Waals surface area contributed by atoms with Crippen molar-refractivity contribution in [1.82, 2.24) is 4.90 Å². The second-order valence-corrected chi connectivity index (χ2v) is 12.0. The molecule has 0 spiro atoms. The highest BCUT2D eigenvalue weighted by atomic mass is 16.7. The Kier molecular flexibility index (Phi) is 7.50. The van der Waals surface area contributed by atoms with Gasteiger partial charge in [-0.05, 0) is 62.0 Å². The number of aliphatic hydroxyl groups is 1. The van der Waals surface area contributed by atoms with Gasteiger partial charge in [0.25, 0.3) is 0 Å². The van der Waals surface area contributed by atoms with E-state index in [4.69, 9.17) is 42.6 Å². The van der Waals surface area contributed by atoms with Gasteiger partial charge < -0.3 is 52.8 Å². The predicted molar refractivity (Wildman–Crippen MR) is 150 cm³/mol. The number of aromatic hydroxyl groups is 1. The van der Waals surface area contributed by atoms with Crippen LogP contribution >= 0.6 is 0 Å². The van der Waals surface area contributed by atoms with Crippen LogP contribution in [0.3, 0.4) is 0 Å². The maximum atomic E-state index is 13.5. The minimum atomic E-state index is -0.929. The number of cyclic esters (lactones) is 1. The first-order valence-corrected chi connectivity index (χ1v) is 14.7. The summed E-state index contributed by atoms with van der Waals surface area (Å²) in [7, 11) is 6.59. The summed E-state index contributed by atoms with van der Waals surface area (Å²) in [6, 6.07) is 6.57. The number of aliphatic hydroxyl groups excluding tert-OH is 1. The Morgan fingerprint density at radius 3 is 2.27 bits per heavy atom. The van der Waals surface area contributed by atoms with Crippen molar-refractivity contribution in [3.8, 4) is 28.7 Å². The number of nitrogens with zero attached hydrogens (tertiary/aromatic N) is 1. The van der Waals surface area contributed by atoms with Crippen LogP contribution in [0.2, 0.25) is 0 Å². The zero-order valence-electron chi connectivity index (χ0n) is 25.1. The minimum absolute atomic E-state index is 0.0618. The lowest BCUT2D eigenvalue weighted by molar-refractivity contribution is -0.354. The van der Waals surface area contributed by atoms with Crippen molar-refractivity contribution in [3.05, 3.63) is 41.0 Å². The molecule has 0 aromatic heterocycles. The number of ether oxygens (including phenoxy) is 9. The molecule has 4 aliphatic heterocycles. The molecule has 3 fully saturated rings. The molecule has 1 aliphatic carbocycles. The molecular weight excluding hydrogens is 578 g/mol. The quantitative estimate of drug-likeness (QED) is 0.457. The third-order valence-corrected chi connectivity index (χ3v) is 9.34. The van der Waals surface area contributed by atoms with Gasteiger partial charge in [-0.25, -0.2) is 0 Å². The lowest BCUT2D eigenvalue weighted by Gasteiger charge is -2.50. The molecule has 3 saturated heterocycles. The van der Waals surface area contributed by atoms with E-state index in [9.17, 15) is 15.0 Å². The molecule has 238 valence electrons. The molecular formula is C31H37NO12. The van der Waals surface area contributed by atoms with Crippen LogP contribution in [0, 0.1) is 11.8 Å². The summed E-state index contributed by atoms with van der Waals surface area (Å²) in [5.74, 6) is -0.602. The molecule has 13 nitrogen and oxygen atoms in total. The normalized spacial score (nSPS) is 35.5. The third kappa shape index (κ3) is 4.65. The van der Waals surface area contributed by atoms with Crippen molar-refractivity contribution in [1.29, 1.82) is 0 Å². The molecule has 0 saturated carbocycles. The second kappa shape index (κ2) is 11.2. The number of benzene rings is 2. The first-order valence-electron chi connectivity index (χ1n) is 14.7. The lowest BCUT2D eigenvalue weighted by Crippen LogP contribution is -2.66. The molecule has 13 heteroatoms. The summed E-state index contributed by atoms with van der Waals surface area (Å²) >= 11 is 0. The third-order valence-electron chi connectivity index (χ3n) is 9.34. The molecule has 2 N–H and O–H groups in total. The van der Waals surface area contributed by atoms with Gasteiger partial charge in [-0.2, -0.15) is 0 Å². The van der Waals surface area contributed by atoms with E-state index in [1.165, 1.54) is 14.2 Å². The van der Waals surface area contributed by atoms with E-state index in [0.29, 0.717) is 17.1 Å². The molecule has 5 aliphatic rings. The molecule has 4 heterocycles. The van der Waals surface area contributed by atoms with E-state index in [-0.39, 0.29) is 43.2 Å². The molecule has 44 heavy (non-hydrogen) atoms. The van der Waals surface area contributed by atoms with Crippen LogP contribution < -0.4 is 18.9 Å². The van der Waals surface area contributed by atoms with Crippen molar-refractivity contribution >= 4 is 5.97 Å². The number of phenolic OH excluding ortho intramolecular Hbond substituents is 1. The number of hydrogen-bond acceptors (Lipinski definition) is 13. The van der Waals surface area contributed by atoms with E-state index in [1.54, 1.807) is 19.1 Å². The number of esters is 1. The second-order valence-electron chi connectivity index (χ2n) is 12.0. The fourth-order valence-corrected chi connectivity index (χ4v) is 7.28. The van der Waals surface area contributed by atoms with Crippen LogP contribution in [0.25, 0.3) is 0 Å². The topological polar surface area (TPSA) is 144 Å². The summed E-state index contributed by atoms with van der Waals surface area (Å²) in [5, 5.41) is 22.1. The number of carbonyl (C=O) groups is 1. The zero-order valence-corrected chi connectivity index (χ0v) is 25.1. The van der Waals surface area contributed by atoms with E-state index >= 15 is 0 Å².